The third-order valence-corrected chi connectivity index (χ3v) is 0.976. The first kappa shape index (κ1) is 6.60. The number of aromatic nitrogens is 1. The topological polar surface area (TPSA) is 75.4 Å². The molecule has 0 fully saturated rings. The normalized spacial score (nSPS) is 9.30. The van der Waals surface area contributed by atoms with Gasteiger partial charge < -0.3 is 14.9 Å². The van der Waals surface area contributed by atoms with Crippen LogP contribution in [0, 0.1) is 0 Å². The Labute approximate surface area is 56.6 Å². The number of carbonyl (C=O) groups is 1. The fraction of sp³-hybridized carbons (Fsp3) is 0.200. The molecule has 0 unspecified atom stereocenters. The molecule has 0 aromatic carbocycles. The standard InChI is InChI=1S/C5H6N2O3/c1-6-4-2-3(5(8)9)7-10-4/h2,6H,1H3,(H,8,9). The van der Waals surface area contributed by atoms with E-state index in [1.807, 2.05) is 0 Å². The number of carboxylic acid groups (broad SMARTS) is 1. The molecule has 1 rings (SSSR count). The first-order valence-electron chi connectivity index (χ1n) is 2.62. The Balaban J connectivity index is 2.88. The van der Waals surface area contributed by atoms with Crippen LogP contribution in [0.15, 0.2) is 10.6 Å². The van der Waals surface area contributed by atoms with Crippen molar-refractivity contribution in [1.82, 2.24) is 5.16 Å². The van der Waals surface area contributed by atoms with Gasteiger partial charge in [0.1, 0.15) is 0 Å². The zero-order valence-corrected chi connectivity index (χ0v) is 5.29. The minimum Gasteiger partial charge on any atom is -0.476 e. The molecule has 0 saturated carbocycles. The number of nitrogens with one attached hydrogen (secondary N) is 1. The molecule has 0 amide bonds. The van der Waals surface area contributed by atoms with Crippen molar-refractivity contribution in [2.75, 3.05) is 12.4 Å². The molecule has 0 spiro atoms. The molecular weight excluding hydrogens is 136 g/mol. The van der Waals surface area contributed by atoms with Gasteiger partial charge in [0.05, 0.1) is 0 Å². The van der Waals surface area contributed by atoms with Crippen LogP contribution in [-0.2, 0) is 0 Å². The molecule has 1 heterocycles. The summed E-state index contributed by atoms with van der Waals surface area (Å²) in [5, 5.41) is 14.2. The highest BCUT2D eigenvalue weighted by atomic mass is 16.5. The van der Waals surface area contributed by atoms with E-state index in [0.717, 1.165) is 0 Å². The summed E-state index contributed by atoms with van der Waals surface area (Å²) in [6, 6.07) is 1.31. The third kappa shape index (κ3) is 1.07. The highest BCUT2D eigenvalue weighted by Gasteiger charge is 2.08. The fourth-order valence-corrected chi connectivity index (χ4v) is 0.494. The van der Waals surface area contributed by atoms with Gasteiger partial charge in [-0.25, -0.2) is 4.79 Å². The molecule has 0 aliphatic carbocycles. The summed E-state index contributed by atoms with van der Waals surface area (Å²) < 4.78 is 4.53. The van der Waals surface area contributed by atoms with Crippen LogP contribution in [0.25, 0.3) is 0 Å². The van der Waals surface area contributed by atoms with Crippen molar-refractivity contribution >= 4 is 11.9 Å². The monoisotopic (exact) mass is 142 g/mol. The predicted molar refractivity (Wildman–Crippen MR) is 33.0 cm³/mol. The van der Waals surface area contributed by atoms with Crippen molar-refractivity contribution in [2.45, 2.75) is 0 Å². The lowest BCUT2D eigenvalue weighted by Crippen LogP contribution is -1.94. The second-order valence-electron chi connectivity index (χ2n) is 1.63. The van der Waals surface area contributed by atoms with Gasteiger partial charge in [0, 0.05) is 13.1 Å². The lowest BCUT2D eigenvalue weighted by molar-refractivity contribution is 0.0686. The van der Waals surface area contributed by atoms with Crippen LogP contribution in [0.2, 0.25) is 0 Å². The molecule has 0 bridgehead atoms. The van der Waals surface area contributed by atoms with E-state index in [9.17, 15) is 4.79 Å². The van der Waals surface area contributed by atoms with Gasteiger partial charge in [0.2, 0.25) is 5.88 Å². The summed E-state index contributed by atoms with van der Waals surface area (Å²) in [6.45, 7) is 0. The Morgan fingerprint density at radius 2 is 2.60 bits per heavy atom. The average molecular weight is 142 g/mol. The number of carboxylic acids is 1. The van der Waals surface area contributed by atoms with Crippen LogP contribution < -0.4 is 5.32 Å². The van der Waals surface area contributed by atoms with E-state index < -0.39 is 5.97 Å². The van der Waals surface area contributed by atoms with Gasteiger partial charge in [-0.3, -0.25) is 0 Å². The zero-order valence-electron chi connectivity index (χ0n) is 5.29. The van der Waals surface area contributed by atoms with Gasteiger partial charge in [0.15, 0.2) is 5.69 Å². The highest BCUT2D eigenvalue weighted by Crippen LogP contribution is 2.07. The van der Waals surface area contributed by atoms with Crippen LogP contribution in [0.1, 0.15) is 10.5 Å². The maximum Gasteiger partial charge on any atom is 0.358 e. The van der Waals surface area contributed by atoms with Gasteiger partial charge >= 0.3 is 5.97 Å². The molecule has 0 aliphatic rings. The summed E-state index contributed by atoms with van der Waals surface area (Å²) in [5.74, 6) is -0.748. The summed E-state index contributed by atoms with van der Waals surface area (Å²) in [7, 11) is 1.62. The van der Waals surface area contributed by atoms with E-state index >= 15 is 0 Å². The smallest absolute Gasteiger partial charge is 0.358 e. The quantitative estimate of drug-likeness (QED) is 0.625. The van der Waals surface area contributed by atoms with Crippen LogP contribution in [0.3, 0.4) is 0 Å². The Kier molecular flexibility index (Phi) is 1.57. The summed E-state index contributed by atoms with van der Waals surface area (Å²) in [5.41, 5.74) is -0.0932. The van der Waals surface area contributed by atoms with E-state index in [1.54, 1.807) is 7.05 Å². The van der Waals surface area contributed by atoms with Crippen molar-refractivity contribution in [2.24, 2.45) is 0 Å². The average Bonchev–Trinajstić information content (AvgIpc) is 2.34. The van der Waals surface area contributed by atoms with E-state index in [-0.39, 0.29) is 5.69 Å². The Hall–Kier alpha value is -1.52. The van der Waals surface area contributed by atoms with Crippen LogP contribution in [0.4, 0.5) is 5.88 Å². The number of nitrogens with zero attached hydrogens (tertiary/aromatic N) is 1. The summed E-state index contributed by atoms with van der Waals surface area (Å²) in [6.07, 6.45) is 0. The first-order valence-corrected chi connectivity index (χ1v) is 2.62. The molecule has 1 aromatic rings. The van der Waals surface area contributed by atoms with Gasteiger partial charge in [-0.1, -0.05) is 5.16 Å². The lowest BCUT2D eigenvalue weighted by Gasteiger charge is -1.83. The molecule has 1 aromatic heterocycles. The zero-order chi connectivity index (χ0) is 7.56. The van der Waals surface area contributed by atoms with Crippen LogP contribution >= 0.6 is 0 Å². The second-order valence-corrected chi connectivity index (χ2v) is 1.63. The minimum atomic E-state index is -1.09. The maximum atomic E-state index is 10.2. The molecular formula is C5H6N2O3. The summed E-state index contributed by atoms with van der Waals surface area (Å²) in [4.78, 5) is 10.2. The fourth-order valence-electron chi connectivity index (χ4n) is 0.494. The highest BCUT2D eigenvalue weighted by molar-refractivity contribution is 5.85. The minimum absolute atomic E-state index is 0.0932. The summed E-state index contributed by atoms with van der Waals surface area (Å²) >= 11 is 0. The maximum absolute atomic E-state index is 10.2. The molecule has 10 heavy (non-hydrogen) atoms. The predicted octanol–water partition coefficient (Wildman–Crippen LogP) is 0.414. The molecule has 54 valence electrons. The molecule has 2 N–H and O–H groups in total. The van der Waals surface area contributed by atoms with Gasteiger partial charge in [-0.15, -0.1) is 0 Å². The van der Waals surface area contributed by atoms with Crippen molar-refractivity contribution < 1.29 is 14.4 Å². The van der Waals surface area contributed by atoms with Gasteiger partial charge in [0.25, 0.3) is 0 Å². The number of rotatable bonds is 2. The van der Waals surface area contributed by atoms with Crippen molar-refractivity contribution in [3.8, 4) is 0 Å². The van der Waals surface area contributed by atoms with Crippen molar-refractivity contribution in [1.29, 1.82) is 0 Å². The van der Waals surface area contributed by atoms with Gasteiger partial charge in [-0.2, -0.15) is 0 Å². The molecule has 0 radical (unpaired) electrons. The van der Waals surface area contributed by atoms with Crippen molar-refractivity contribution in [3.63, 3.8) is 0 Å². The van der Waals surface area contributed by atoms with E-state index in [0.29, 0.717) is 5.88 Å². The van der Waals surface area contributed by atoms with E-state index in [4.69, 9.17) is 5.11 Å². The number of hydrogen-bond acceptors (Lipinski definition) is 4. The Morgan fingerprint density at radius 1 is 1.90 bits per heavy atom. The third-order valence-electron chi connectivity index (χ3n) is 0.976. The van der Waals surface area contributed by atoms with Crippen LogP contribution in [0.5, 0.6) is 0 Å². The largest absolute Gasteiger partial charge is 0.476 e. The molecule has 5 nitrogen and oxygen atoms in total. The Bertz CT molecular complexity index is 243. The molecule has 5 heteroatoms. The number of anilines is 1. The SMILES string of the molecule is CNc1cc(C(=O)O)no1. The van der Waals surface area contributed by atoms with Crippen molar-refractivity contribution in [3.05, 3.63) is 11.8 Å². The molecule has 0 aliphatic heterocycles. The lowest BCUT2D eigenvalue weighted by atomic mass is 10.4. The number of aromatic carboxylic acids is 1. The Morgan fingerprint density at radius 3 is 2.90 bits per heavy atom. The number of hydrogen-bond donors (Lipinski definition) is 2. The van der Waals surface area contributed by atoms with Crippen LogP contribution in [-0.4, -0.2) is 23.3 Å². The molecule has 0 saturated heterocycles. The first-order chi connectivity index (χ1) is 4.74. The van der Waals surface area contributed by atoms with Gasteiger partial charge in [-0.05, 0) is 0 Å². The van der Waals surface area contributed by atoms with E-state index in [1.165, 1.54) is 6.07 Å². The second kappa shape index (κ2) is 2.38. The van der Waals surface area contributed by atoms with E-state index in [2.05, 4.69) is 15.0 Å². The molecule has 0 atom stereocenters.